The molecule has 0 aliphatic heterocycles. The van der Waals surface area contributed by atoms with Crippen molar-refractivity contribution in [2.75, 3.05) is 5.33 Å². The Morgan fingerprint density at radius 2 is 1.43 bits per heavy atom. The molecule has 1 atom stereocenters. The number of aliphatic hydroxyl groups is 1. The number of hydrogen-bond acceptors (Lipinski definition) is 1. The van der Waals surface area contributed by atoms with Gasteiger partial charge < -0.3 is 5.11 Å². The van der Waals surface area contributed by atoms with Gasteiger partial charge in [-0.25, -0.2) is 0 Å². The Balaban J connectivity index is 2.92. The van der Waals surface area contributed by atoms with Crippen LogP contribution in [0.5, 0.6) is 0 Å². The van der Waals surface area contributed by atoms with Crippen molar-refractivity contribution in [3.05, 3.63) is 0 Å². The lowest BCUT2D eigenvalue weighted by molar-refractivity contribution is 0.186. The van der Waals surface area contributed by atoms with Crippen molar-refractivity contribution in [2.24, 2.45) is 0 Å². The fourth-order valence-corrected chi connectivity index (χ4v) is 1.91. The third kappa shape index (κ3) is 10.5. The first kappa shape index (κ1) is 14.4. The Kier molecular flexibility index (Phi) is 11.9. The van der Waals surface area contributed by atoms with Crippen molar-refractivity contribution in [3.8, 4) is 0 Å². The number of aliphatic hydroxyl groups excluding tert-OH is 1. The summed E-state index contributed by atoms with van der Waals surface area (Å²) < 4.78 is 0. The molecule has 0 aromatic rings. The van der Waals surface area contributed by atoms with E-state index in [0.717, 1.165) is 11.8 Å². The molecule has 14 heavy (non-hydrogen) atoms. The van der Waals surface area contributed by atoms with E-state index in [2.05, 4.69) is 22.9 Å². The molecule has 86 valence electrons. The van der Waals surface area contributed by atoms with Crippen LogP contribution in [0.2, 0.25) is 0 Å². The highest BCUT2D eigenvalue weighted by atomic mass is 79.9. The molecular formula is C12H25BrO. The van der Waals surface area contributed by atoms with E-state index < -0.39 is 0 Å². The van der Waals surface area contributed by atoms with Crippen molar-refractivity contribution in [1.82, 2.24) is 0 Å². The van der Waals surface area contributed by atoms with E-state index in [1.165, 1.54) is 51.4 Å². The Labute approximate surface area is 97.4 Å². The highest BCUT2D eigenvalue weighted by Crippen LogP contribution is 2.11. The lowest BCUT2D eigenvalue weighted by Crippen LogP contribution is -2.06. The summed E-state index contributed by atoms with van der Waals surface area (Å²) in [6.07, 6.45) is 11.5. The van der Waals surface area contributed by atoms with E-state index in [1.807, 2.05) is 0 Å². The van der Waals surface area contributed by atoms with Gasteiger partial charge in [0, 0.05) is 5.33 Å². The Bertz CT molecular complexity index is 106. The van der Waals surface area contributed by atoms with Crippen LogP contribution >= 0.6 is 15.9 Å². The van der Waals surface area contributed by atoms with Crippen LogP contribution in [0.1, 0.15) is 64.7 Å². The Hall–Kier alpha value is 0.440. The van der Waals surface area contributed by atoms with Gasteiger partial charge in [-0.1, -0.05) is 74.2 Å². The lowest BCUT2D eigenvalue weighted by Gasteiger charge is -2.05. The summed E-state index contributed by atoms with van der Waals surface area (Å²) in [5.41, 5.74) is 0. The molecule has 0 heterocycles. The smallest absolute Gasteiger partial charge is 0.0637 e. The summed E-state index contributed by atoms with van der Waals surface area (Å²) in [4.78, 5) is 0. The van der Waals surface area contributed by atoms with E-state index in [4.69, 9.17) is 0 Å². The summed E-state index contributed by atoms with van der Waals surface area (Å²) in [5.74, 6) is 0. The summed E-state index contributed by atoms with van der Waals surface area (Å²) in [5, 5.41) is 10.0. The third-order valence-corrected chi connectivity index (χ3v) is 3.32. The summed E-state index contributed by atoms with van der Waals surface area (Å²) >= 11 is 3.28. The first-order valence-corrected chi connectivity index (χ1v) is 7.17. The van der Waals surface area contributed by atoms with Gasteiger partial charge in [0.25, 0.3) is 0 Å². The van der Waals surface area contributed by atoms with E-state index in [9.17, 15) is 5.11 Å². The molecule has 1 nitrogen and oxygen atoms in total. The number of halogens is 1. The second-order valence-electron chi connectivity index (χ2n) is 4.07. The monoisotopic (exact) mass is 264 g/mol. The van der Waals surface area contributed by atoms with Crippen LogP contribution < -0.4 is 0 Å². The minimum atomic E-state index is -0.130. The largest absolute Gasteiger partial charge is 0.392 e. The maximum absolute atomic E-state index is 9.28. The molecule has 0 unspecified atom stereocenters. The maximum atomic E-state index is 9.28. The van der Waals surface area contributed by atoms with E-state index >= 15 is 0 Å². The SMILES string of the molecule is CCCCCCCCCC[C@@H](O)CBr. The molecular weight excluding hydrogens is 240 g/mol. The second kappa shape index (κ2) is 11.5. The fourth-order valence-electron chi connectivity index (χ4n) is 1.59. The number of unbranched alkanes of at least 4 members (excludes halogenated alkanes) is 7. The van der Waals surface area contributed by atoms with Gasteiger partial charge in [0.2, 0.25) is 0 Å². The molecule has 0 radical (unpaired) electrons. The zero-order valence-corrected chi connectivity index (χ0v) is 11.1. The minimum Gasteiger partial charge on any atom is -0.392 e. The van der Waals surface area contributed by atoms with Crippen molar-refractivity contribution in [1.29, 1.82) is 0 Å². The zero-order valence-electron chi connectivity index (χ0n) is 9.47. The van der Waals surface area contributed by atoms with Crippen LogP contribution in [0.15, 0.2) is 0 Å². The molecule has 0 saturated carbocycles. The standard InChI is InChI=1S/C12H25BrO/c1-2-3-4-5-6-7-8-9-10-12(14)11-13/h12,14H,2-11H2,1H3/t12-/m1/s1. The van der Waals surface area contributed by atoms with Gasteiger partial charge in [-0.2, -0.15) is 0 Å². The highest BCUT2D eigenvalue weighted by Gasteiger charge is 2.00. The number of rotatable bonds is 10. The van der Waals surface area contributed by atoms with Crippen LogP contribution in [0, 0.1) is 0 Å². The normalized spacial score (nSPS) is 13.1. The Morgan fingerprint density at radius 3 is 1.93 bits per heavy atom. The van der Waals surface area contributed by atoms with Gasteiger partial charge >= 0.3 is 0 Å². The van der Waals surface area contributed by atoms with E-state index in [0.29, 0.717) is 0 Å². The second-order valence-corrected chi connectivity index (χ2v) is 4.72. The molecule has 0 rings (SSSR count). The lowest BCUT2D eigenvalue weighted by atomic mass is 10.1. The predicted octanol–water partition coefficient (Wildman–Crippen LogP) is 4.27. The van der Waals surface area contributed by atoms with Crippen LogP contribution in [-0.2, 0) is 0 Å². The van der Waals surface area contributed by atoms with Crippen molar-refractivity contribution in [3.63, 3.8) is 0 Å². The topological polar surface area (TPSA) is 20.2 Å². The average molecular weight is 265 g/mol. The van der Waals surface area contributed by atoms with Gasteiger partial charge in [0.1, 0.15) is 0 Å². The molecule has 0 fully saturated rings. The van der Waals surface area contributed by atoms with E-state index in [-0.39, 0.29) is 6.10 Å². The summed E-state index contributed by atoms with van der Waals surface area (Å²) in [6, 6.07) is 0. The average Bonchev–Trinajstić information content (AvgIpc) is 2.21. The molecule has 0 aromatic heterocycles. The zero-order chi connectivity index (χ0) is 10.6. The first-order chi connectivity index (χ1) is 6.81. The molecule has 0 spiro atoms. The van der Waals surface area contributed by atoms with Crippen molar-refractivity contribution >= 4 is 15.9 Å². The molecule has 0 aromatic carbocycles. The van der Waals surface area contributed by atoms with Gasteiger partial charge in [0.05, 0.1) is 6.10 Å². The fraction of sp³-hybridized carbons (Fsp3) is 1.00. The van der Waals surface area contributed by atoms with Crippen LogP contribution in [-0.4, -0.2) is 16.5 Å². The maximum Gasteiger partial charge on any atom is 0.0637 e. The molecule has 0 amide bonds. The van der Waals surface area contributed by atoms with Crippen LogP contribution in [0.25, 0.3) is 0 Å². The number of alkyl halides is 1. The van der Waals surface area contributed by atoms with Gasteiger partial charge in [0.15, 0.2) is 0 Å². The van der Waals surface area contributed by atoms with E-state index in [1.54, 1.807) is 0 Å². The van der Waals surface area contributed by atoms with Gasteiger partial charge in [-0.15, -0.1) is 0 Å². The molecule has 0 aliphatic carbocycles. The van der Waals surface area contributed by atoms with Crippen LogP contribution in [0.4, 0.5) is 0 Å². The highest BCUT2D eigenvalue weighted by molar-refractivity contribution is 9.09. The molecule has 0 aliphatic rings. The first-order valence-electron chi connectivity index (χ1n) is 6.05. The van der Waals surface area contributed by atoms with Crippen LogP contribution in [0.3, 0.4) is 0 Å². The predicted molar refractivity (Wildman–Crippen MR) is 67.0 cm³/mol. The quantitative estimate of drug-likeness (QED) is 0.462. The molecule has 0 saturated heterocycles. The van der Waals surface area contributed by atoms with Crippen molar-refractivity contribution < 1.29 is 5.11 Å². The number of hydrogen-bond donors (Lipinski definition) is 1. The van der Waals surface area contributed by atoms with Gasteiger partial charge in [-0.05, 0) is 6.42 Å². The summed E-state index contributed by atoms with van der Waals surface area (Å²) in [7, 11) is 0. The summed E-state index contributed by atoms with van der Waals surface area (Å²) in [6.45, 7) is 2.25. The third-order valence-electron chi connectivity index (χ3n) is 2.57. The molecule has 2 heteroatoms. The van der Waals surface area contributed by atoms with Gasteiger partial charge in [-0.3, -0.25) is 0 Å². The minimum absolute atomic E-state index is 0.130. The molecule has 1 N–H and O–H groups in total. The Morgan fingerprint density at radius 1 is 0.929 bits per heavy atom. The van der Waals surface area contributed by atoms with Crippen molar-refractivity contribution in [2.45, 2.75) is 70.8 Å². The molecule has 0 bridgehead atoms.